The van der Waals surface area contributed by atoms with Gasteiger partial charge in [-0.25, -0.2) is 0 Å². The Bertz CT molecular complexity index is 800. The second kappa shape index (κ2) is 7.33. The highest BCUT2D eigenvalue weighted by Gasteiger charge is 2.26. The molecule has 2 aromatic carbocycles. The summed E-state index contributed by atoms with van der Waals surface area (Å²) < 4.78 is 0. The van der Waals surface area contributed by atoms with Crippen molar-refractivity contribution in [1.82, 2.24) is 9.80 Å². The molecule has 2 amide bonds. The van der Waals surface area contributed by atoms with Crippen LogP contribution in [0.3, 0.4) is 0 Å². The maximum absolute atomic E-state index is 12.5. The minimum Gasteiger partial charge on any atom is -0.507 e. The summed E-state index contributed by atoms with van der Waals surface area (Å²) in [5.74, 6) is -0.484. The first-order valence-corrected chi connectivity index (χ1v) is 8.54. The molecular weight excluding hydrogens is 363 g/mol. The molecule has 5 nitrogen and oxygen atoms in total. The maximum Gasteiger partial charge on any atom is 0.257 e. The summed E-state index contributed by atoms with van der Waals surface area (Å²) >= 11 is 11.7. The standard InChI is InChI=1S/C18H16Cl2N2O3/c19-13-3-1-12(2-4-13)17(24)21-7-9-22(10-8-21)18(25)15-11-14(20)5-6-16(15)23/h1-6,11,23H,7-10H2. The summed E-state index contributed by atoms with van der Waals surface area (Å²) in [4.78, 5) is 28.3. The monoisotopic (exact) mass is 378 g/mol. The zero-order valence-corrected chi connectivity index (χ0v) is 14.8. The van der Waals surface area contributed by atoms with E-state index in [4.69, 9.17) is 23.2 Å². The van der Waals surface area contributed by atoms with Crippen molar-refractivity contribution >= 4 is 35.0 Å². The van der Waals surface area contributed by atoms with Gasteiger partial charge in [-0.05, 0) is 42.5 Å². The molecule has 0 aliphatic carbocycles. The molecule has 2 aromatic rings. The molecule has 1 N–H and O–H groups in total. The number of hydrogen-bond donors (Lipinski definition) is 1. The summed E-state index contributed by atoms with van der Waals surface area (Å²) in [5, 5.41) is 10.8. The van der Waals surface area contributed by atoms with Gasteiger partial charge in [0.1, 0.15) is 5.75 Å². The Morgan fingerprint density at radius 3 is 1.92 bits per heavy atom. The molecule has 0 atom stereocenters. The van der Waals surface area contributed by atoms with Gasteiger partial charge in [0.15, 0.2) is 0 Å². The fraction of sp³-hybridized carbons (Fsp3) is 0.222. The first-order valence-electron chi connectivity index (χ1n) is 7.78. The van der Waals surface area contributed by atoms with E-state index >= 15 is 0 Å². The predicted octanol–water partition coefficient (Wildman–Crippen LogP) is 3.30. The number of piperazine rings is 1. The van der Waals surface area contributed by atoms with Crippen LogP contribution in [0.2, 0.25) is 10.0 Å². The van der Waals surface area contributed by atoms with E-state index < -0.39 is 0 Å². The lowest BCUT2D eigenvalue weighted by molar-refractivity contribution is 0.0533. The van der Waals surface area contributed by atoms with Crippen molar-refractivity contribution in [2.45, 2.75) is 0 Å². The SMILES string of the molecule is O=C(c1ccc(Cl)cc1)N1CCN(C(=O)c2cc(Cl)ccc2O)CC1. The quantitative estimate of drug-likeness (QED) is 0.871. The molecule has 7 heteroatoms. The van der Waals surface area contributed by atoms with E-state index in [2.05, 4.69) is 0 Å². The second-order valence-electron chi connectivity index (χ2n) is 5.75. The molecule has 1 fully saturated rings. The number of carbonyl (C=O) groups is 2. The van der Waals surface area contributed by atoms with Crippen molar-refractivity contribution in [2.75, 3.05) is 26.2 Å². The van der Waals surface area contributed by atoms with Crippen LogP contribution in [0, 0.1) is 0 Å². The number of phenolic OH excluding ortho intramolecular Hbond substituents is 1. The van der Waals surface area contributed by atoms with Crippen LogP contribution in [-0.2, 0) is 0 Å². The van der Waals surface area contributed by atoms with Gasteiger partial charge in [-0.2, -0.15) is 0 Å². The number of halogens is 2. The maximum atomic E-state index is 12.5. The van der Waals surface area contributed by atoms with Crippen LogP contribution >= 0.6 is 23.2 Å². The first-order chi connectivity index (χ1) is 12.0. The highest BCUT2D eigenvalue weighted by molar-refractivity contribution is 6.31. The van der Waals surface area contributed by atoms with Gasteiger partial charge in [0.25, 0.3) is 11.8 Å². The van der Waals surface area contributed by atoms with E-state index in [9.17, 15) is 14.7 Å². The summed E-state index contributed by atoms with van der Waals surface area (Å²) in [6.45, 7) is 1.64. The fourth-order valence-electron chi connectivity index (χ4n) is 2.74. The van der Waals surface area contributed by atoms with Gasteiger partial charge < -0.3 is 14.9 Å². The summed E-state index contributed by atoms with van der Waals surface area (Å²) in [6, 6.07) is 11.1. The van der Waals surface area contributed by atoms with Crippen LogP contribution in [0.25, 0.3) is 0 Å². The number of hydrogen-bond acceptors (Lipinski definition) is 3. The first kappa shape index (κ1) is 17.6. The molecule has 0 radical (unpaired) electrons. The van der Waals surface area contributed by atoms with Crippen LogP contribution in [0.1, 0.15) is 20.7 Å². The molecule has 1 aliphatic rings. The van der Waals surface area contributed by atoms with Crippen molar-refractivity contribution in [2.24, 2.45) is 0 Å². The highest BCUT2D eigenvalue weighted by Crippen LogP contribution is 2.23. The van der Waals surface area contributed by atoms with Crippen LogP contribution in [-0.4, -0.2) is 52.9 Å². The number of phenols is 1. The predicted molar refractivity (Wildman–Crippen MR) is 96.4 cm³/mol. The van der Waals surface area contributed by atoms with Crippen LogP contribution in [0.4, 0.5) is 0 Å². The van der Waals surface area contributed by atoms with E-state index in [0.717, 1.165) is 0 Å². The number of benzene rings is 2. The van der Waals surface area contributed by atoms with E-state index in [-0.39, 0.29) is 23.1 Å². The third-order valence-corrected chi connectivity index (χ3v) is 4.62. The van der Waals surface area contributed by atoms with Crippen LogP contribution < -0.4 is 0 Å². The molecule has 0 unspecified atom stereocenters. The molecule has 0 bridgehead atoms. The number of rotatable bonds is 2. The summed E-state index contributed by atoms with van der Waals surface area (Å²) in [5.41, 5.74) is 0.738. The van der Waals surface area contributed by atoms with Gasteiger partial charge in [0.2, 0.25) is 0 Å². The minimum atomic E-state index is -0.293. The fourth-order valence-corrected chi connectivity index (χ4v) is 3.04. The lowest BCUT2D eigenvalue weighted by Gasteiger charge is -2.35. The van der Waals surface area contributed by atoms with E-state index in [1.165, 1.54) is 18.2 Å². The van der Waals surface area contributed by atoms with Crippen molar-refractivity contribution in [3.05, 3.63) is 63.6 Å². The molecule has 1 heterocycles. The highest BCUT2D eigenvalue weighted by atomic mass is 35.5. The van der Waals surface area contributed by atoms with Gasteiger partial charge in [-0.15, -0.1) is 0 Å². The topological polar surface area (TPSA) is 60.9 Å². The van der Waals surface area contributed by atoms with E-state index in [1.54, 1.807) is 34.1 Å². The molecule has 1 saturated heterocycles. The zero-order valence-electron chi connectivity index (χ0n) is 13.3. The molecular formula is C18H16Cl2N2O3. The van der Waals surface area contributed by atoms with Crippen molar-refractivity contribution < 1.29 is 14.7 Å². The molecule has 0 spiro atoms. The molecule has 25 heavy (non-hydrogen) atoms. The Balaban J connectivity index is 1.65. The van der Waals surface area contributed by atoms with Gasteiger partial charge in [0.05, 0.1) is 5.56 Å². The Kier molecular flexibility index (Phi) is 5.16. The van der Waals surface area contributed by atoms with Crippen LogP contribution in [0.15, 0.2) is 42.5 Å². The summed E-state index contributed by atoms with van der Waals surface area (Å²) in [6.07, 6.45) is 0. The van der Waals surface area contributed by atoms with Crippen molar-refractivity contribution in [3.63, 3.8) is 0 Å². The molecule has 1 aliphatic heterocycles. The Morgan fingerprint density at radius 2 is 1.32 bits per heavy atom. The van der Waals surface area contributed by atoms with Gasteiger partial charge in [-0.3, -0.25) is 9.59 Å². The molecule has 3 rings (SSSR count). The minimum absolute atomic E-state index is 0.0885. The Hall–Kier alpha value is -2.24. The number of amides is 2. The number of nitrogens with zero attached hydrogens (tertiary/aromatic N) is 2. The number of carbonyl (C=O) groups excluding carboxylic acids is 2. The molecule has 0 saturated carbocycles. The lowest BCUT2D eigenvalue weighted by Crippen LogP contribution is -2.50. The summed E-state index contributed by atoms with van der Waals surface area (Å²) in [7, 11) is 0. The number of aromatic hydroxyl groups is 1. The van der Waals surface area contributed by atoms with Gasteiger partial charge in [-0.1, -0.05) is 23.2 Å². The molecule has 130 valence electrons. The van der Waals surface area contributed by atoms with Crippen molar-refractivity contribution in [1.29, 1.82) is 0 Å². The smallest absolute Gasteiger partial charge is 0.257 e. The van der Waals surface area contributed by atoms with Crippen LogP contribution in [0.5, 0.6) is 5.75 Å². The molecule has 0 aromatic heterocycles. The third-order valence-electron chi connectivity index (χ3n) is 4.13. The van der Waals surface area contributed by atoms with E-state index in [0.29, 0.717) is 41.8 Å². The average molecular weight is 379 g/mol. The normalized spacial score (nSPS) is 14.5. The largest absolute Gasteiger partial charge is 0.507 e. The third kappa shape index (κ3) is 3.89. The average Bonchev–Trinajstić information content (AvgIpc) is 2.63. The van der Waals surface area contributed by atoms with Gasteiger partial charge in [0, 0.05) is 41.8 Å². The lowest BCUT2D eigenvalue weighted by atomic mass is 10.1. The second-order valence-corrected chi connectivity index (χ2v) is 6.63. The van der Waals surface area contributed by atoms with E-state index in [1.807, 2.05) is 0 Å². The van der Waals surface area contributed by atoms with Crippen molar-refractivity contribution in [3.8, 4) is 5.75 Å². The Labute approximate surface area is 155 Å². The van der Waals surface area contributed by atoms with Gasteiger partial charge >= 0.3 is 0 Å². The zero-order chi connectivity index (χ0) is 18.0. The Morgan fingerprint density at radius 1 is 0.800 bits per heavy atom.